The molecule has 1 saturated heterocycles. The average Bonchev–Trinajstić information content (AvgIpc) is 2.52. The van der Waals surface area contributed by atoms with Crippen molar-refractivity contribution in [2.24, 2.45) is 11.8 Å². The van der Waals surface area contributed by atoms with Crippen molar-refractivity contribution in [3.8, 4) is 0 Å². The van der Waals surface area contributed by atoms with E-state index < -0.39 is 0 Å². The number of hydrogen-bond acceptors (Lipinski definition) is 2. The van der Waals surface area contributed by atoms with Crippen molar-refractivity contribution in [2.75, 3.05) is 19.6 Å². The van der Waals surface area contributed by atoms with Crippen molar-refractivity contribution in [2.45, 2.75) is 26.7 Å². The maximum absolute atomic E-state index is 10.4. The van der Waals surface area contributed by atoms with E-state index >= 15 is 0 Å². The summed E-state index contributed by atoms with van der Waals surface area (Å²) in [6.07, 6.45) is 4.48. The molecule has 1 radical (unpaired) electrons. The van der Waals surface area contributed by atoms with Crippen molar-refractivity contribution in [3.63, 3.8) is 0 Å². The van der Waals surface area contributed by atoms with Gasteiger partial charge in [0.2, 0.25) is 6.29 Å². The van der Waals surface area contributed by atoms with E-state index in [-0.39, 0.29) is 5.92 Å². The third-order valence-electron chi connectivity index (χ3n) is 2.74. The minimum absolute atomic E-state index is 0.131. The van der Waals surface area contributed by atoms with Gasteiger partial charge in [0.05, 0.1) is 0 Å². The van der Waals surface area contributed by atoms with Crippen LogP contribution in [0.15, 0.2) is 0 Å². The molecule has 2 atom stereocenters. The molecule has 2 unspecified atom stereocenters. The Hall–Kier alpha value is -0.370. The quantitative estimate of drug-likeness (QED) is 0.633. The molecule has 0 spiro atoms. The zero-order valence-electron chi connectivity index (χ0n) is 8.05. The first-order chi connectivity index (χ1) is 5.77. The fraction of sp³-hybridized carbons (Fsp3) is 0.900. The Bertz CT molecular complexity index is 147. The summed E-state index contributed by atoms with van der Waals surface area (Å²) < 4.78 is 0. The second-order valence-electron chi connectivity index (χ2n) is 3.76. The number of carbonyl (C=O) groups excluding carboxylic acids is 1. The molecule has 1 heterocycles. The van der Waals surface area contributed by atoms with Crippen LogP contribution in [0.3, 0.4) is 0 Å². The molecule has 2 nitrogen and oxygen atoms in total. The lowest BCUT2D eigenvalue weighted by Crippen LogP contribution is -2.23. The summed E-state index contributed by atoms with van der Waals surface area (Å²) in [6.45, 7) is 7.63. The number of rotatable bonds is 4. The van der Waals surface area contributed by atoms with Crippen LogP contribution in [0.4, 0.5) is 0 Å². The maximum atomic E-state index is 10.4. The number of likely N-dealkylation sites (tertiary alicyclic amines) is 1. The summed E-state index contributed by atoms with van der Waals surface area (Å²) >= 11 is 0. The third kappa shape index (κ3) is 2.31. The molecule has 1 rings (SSSR count). The molecular weight excluding hydrogens is 150 g/mol. The molecule has 69 valence electrons. The molecule has 1 fully saturated rings. The first kappa shape index (κ1) is 9.72. The Labute approximate surface area is 74.9 Å². The first-order valence-electron chi connectivity index (χ1n) is 4.88. The number of nitrogens with zero attached hydrogens (tertiary/aromatic N) is 1. The van der Waals surface area contributed by atoms with Gasteiger partial charge in [0, 0.05) is 12.5 Å². The highest BCUT2D eigenvalue weighted by Gasteiger charge is 2.26. The fourth-order valence-electron chi connectivity index (χ4n) is 1.89. The summed E-state index contributed by atoms with van der Waals surface area (Å²) in [4.78, 5) is 12.9. The molecular formula is C10H18NO. The monoisotopic (exact) mass is 168 g/mol. The summed E-state index contributed by atoms with van der Waals surface area (Å²) in [5, 5.41) is 0. The second-order valence-corrected chi connectivity index (χ2v) is 3.76. The molecule has 2 heteroatoms. The van der Waals surface area contributed by atoms with Crippen molar-refractivity contribution >= 4 is 6.29 Å². The van der Waals surface area contributed by atoms with Crippen LogP contribution in [0.1, 0.15) is 26.7 Å². The van der Waals surface area contributed by atoms with Crippen LogP contribution in [-0.4, -0.2) is 30.8 Å². The Kier molecular flexibility index (Phi) is 3.73. The van der Waals surface area contributed by atoms with Crippen LogP contribution in [-0.2, 0) is 4.79 Å². The standard InChI is InChI=1S/C10H18NO/c1-3-5-11-6-4-10(7-11)9(2)8-12/h9-10H,3-7H2,1-2H3. The van der Waals surface area contributed by atoms with E-state index in [0.29, 0.717) is 5.92 Å². The predicted octanol–water partition coefficient (Wildman–Crippen LogP) is 1.46. The first-order valence-corrected chi connectivity index (χ1v) is 4.88. The predicted molar refractivity (Wildman–Crippen MR) is 49.7 cm³/mol. The number of hydrogen-bond donors (Lipinski definition) is 0. The van der Waals surface area contributed by atoms with Gasteiger partial charge in [-0.2, -0.15) is 0 Å². The van der Waals surface area contributed by atoms with Crippen molar-refractivity contribution < 1.29 is 4.79 Å². The molecule has 0 N–H and O–H groups in total. The topological polar surface area (TPSA) is 20.3 Å². The molecule has 0 aromatic heterocycles. The van der Waals surface area contributed by atoms with Crippen LogP contribution >= 0.6 is 0 Å². The van der Waals surface area contributed by atoms with E-state index in [1.807, 2.05) is 6.92 Å². The van der Waals surface area contributed by atoms with Gasteiger partial charge in [-0.1, -0.05) is 13.8 Å². The van der Waals surface area contributed by atoms with Gasteiger partial charge in [-0.15, -0.1) is 0 Å². The minimum Gasteiger partial charge on any atom is -0.303 e. The van der Waals surface area contributed by atoms with Gasteiger partial charge in [0.1, 0.15) is 0 Å². The molecule has 0 aliphatic carbocycles. The van der Waals surface area contributed by atoms with E-state index in [9.17, 15) is 4.79 Å². The summed E-state index contributed by atoms with van der Waals surface area (Å²) in [5.41, 5.74) is 0. The lowest BCUT2D eigenvalue weighted by Gasteiger charge is -2.15. The van der Waals surface area contributed by atoms with Crippen molar-refractivity contribution in [3.05, 3.63) is 0 Å². The lowest BCUT2D eigenvalue weighted by molar-refractivity contribution is 0.313. The third-order valence-corrected chi connectivity index (χ3v) is 2.74. The van der Waals surface area contributed by atoms with Gasteiger partial charge in [-0.05, 0) is 31.8 Å². The van der Waals surface area contributed by atoms with E-state index in [2.05, 4.69) is 18.1 Å². The molecule has 0 aromatic carbocycles. The van der Waals surface area contributed by atoms with Crippen LogP contribution in [0.5, 0.6) is 0 Å². The van der Waals surface area contributed by atoms with Crippen LogP contribution in [0.25, 0.3) is 0 Å². The molecule has 0 aromatic rings. The summed E-state index contributed by atoms with van der Waals surface area (Å²) in [6, 6.07) is 0. The zero-order chi connectivity index (χ0) is 8.97. The van der Waals surface area contributed by atoms with Gasteiger partial charge < -0.3 is 4.90 Å². The van der Waals surface area contributed by atoms with Gasteiger partial charge in [0.15, 0.2) is 0 Å². The lowest BCUT2D eigenvalue weighted by atomic mass is 9.95. The van der Waals surface area contributed by atoms with Gasteiger partial charge in [0.25, 0.3) is 0 Å². The molecule has 1 aliphatic heterocycles. The van der Waals surface area contributed by atoms with Gasteiger partial charge in [-0.25, -0.2) is 0 Å². The highest BCUT2D eigenvalue weighted by Crippen LogP contribution is 2.22. The summed E-state index contributed by atoms with van der Waals surface area (Å²) in [7, 11) is 0. The van der Waals surface area contributed by atoms with Gasteiger partial charge in [-0.3, -0.25) is 4.79 Å². The molecule has 0 saturated carbocycles. The van der Waals surface area contributed by atoms with Crippen molar-refractivity contribution in [1.82, 2.24) is 4.90 Å². The van der Waals surface area contributed by atoms with Crippen LogP contribution in [0, 0.1) is 11.8 Å². The molecule has 12 heavy (non-hydrogen) atoms. The largest absolute Gasteiger partial charge is 0.303 e. The highest BCUT2D eigenvalue weighted by atomic mass is 16.1. The minimum atomic E-state index is 0.131. The Morgan fingerprint density at radius 3 is 3.00 bits per heavy atom. The van der Waals surface area contributed by atoms with E-state index in [1.165, 1.54) is 25.9 Å². The second kappa shape index (κ2) is 4.61. The Morgan fingerprint density at radius 1 is 1.67 bits per heavy atom. The molecule has 0 amide bonds. The van der Waals surface area contributed by atoms with Crippen LogP contribution in [0.2, 0.25) is 0 Å². The van der Waals surface area contributed by atoms with E-state index in [0.717, 1.165) is 6.54 Å². The molecule has 1 aliphatic rings. The summed E-state index contributed by atoms with van der Waals surface area (Å²) in [5.74, 6) is 0.695. The highest BCUT2D eigenvalue weighted by molar-refractivity contribution is 5.54. The Balaban J connectivity index is 2.29. The Morgan fingerprint density at radius 2 is 2.42 bits per heavy atom. The molecule has 0 bridgehead atoms. The fourth-order valence-corrected chi connectivity index (χ4v) is 1.89. The normalized spacial score (nSPS) is 27.3. The van der Waals surface area contributed by atoms with Gasteiger partial charge >= 0.3 is 0 Å². The van der Waals surface area contributed by atoms with E-state index in [1.54, 1.807) is 0 Å². The van der Waals surface area contributed by atoms with Crippen molar-refractivity contribution in [1.29, 1.82) is 0 Å². The zero-order valence-corrected chi connectivity index (χ0v) is 8.05. The smallest absolute Gasteiger partial charge is 0.201 e. The maximum Gasteiger partial charge on any atom is 0.201 e. The SMILES string of the molecule is CCCN1CCC(C(C)[C]=O)C1. The van der Waals surface area contributed by atoms with E-state index in [4.69, 9.17) is 0 Å². The van der Waals surface area contributed by atoms with Crippen LogP contribution < -0.4 is 0 Å². The average molecular weight is 168 g/mol.